The average Bonchev–Trinajstić information content (AvgIpc) is 2.99. The fourth-order valence-electron chi connectivity index (χ4n) is 2.57. The minimum Gasteiger partial charge on any atom is -0.332 e. The fourth-order valence-corrected chi connectivity index (χ4v) is 2.69. The summed E-state index contributed by atoms with van der Waals surface area (Å²) in [6.45, 7) is 6.15. The molecule has 6 nitrogen and oxygen atoms in total. The number of nitrogens with zero attached hydrogens (tertiary/aromatic N) is 4. The van der Waals surface area contributed by atoms with E-state index in [1.54, 1.807) is 18.3 Å². The average molecular weight is 308 g/mol. The van der Waals surface area contributed by atoms with Crippen molar-refractivity contribution in [2.75, 3.05) is 26.2 Å². The van der Waals surface area contributed by atoms with E-state index < -0.39 is 0 Å². The standard InChI is InChI=1S/C14H18ClN5O/c1-2-12(20-7-5-16-6-8-20)13-18-14(21-19-13)11-4-3-10(15)9-17-11/h3-4,9,12,16H,2,5-8H2,1H3. The summed E-state index contributed by atoms with van der Waals surface area (Å²) < 4.78 is 5.36. The van der Waals surface area contributed by atoms with E-state index >= 15 is 0 Å². The lowest BCUT2D eigenvalue weighted by Gasteiger charge is -2.32. The number of hydrogen-bond donors (Lipinski definition) is 1. The van der Waals surface area contributed by atoms with Gasteiger partial charge in [-0.3, -0.25) is 4.90 Å². The molecule has 0 spiro atoms. The van der Waals surface area contributed by atoms with Gasteiger partial charge in [-0.05, 0) is 18.6 Å². The lowest BCUT2D eigenvalue weighted by atomic mass is 10.1. The molecule has 2 aromatic heterocycles. The van der Waals surface area contributed by atoms with Crippen LogP contribution in [-0.4, -0.2) is 46.2 Å². The van der Waals surface area contributed by atoms with E-state index in [1.807, 2.05) is 0 Å². The number of halogens is 1. The van der Waals surface area contributed by atoms with E-state index in [9.17, 15) is 0 Å². The van der Waals surface area contributed by atoms with Crippen LogP contribution in [0.25, 0.3) is 11.6 Å². The van der Waals surface area contributed by atoms with Crippen LogP contribution in [0.4, 0.5) is 0 Å². The molecule has 0 radical (unpaired) electrons. The molecule has 112 valence electrons. The zero-order chi connectivity index (χ0) is 14.7. The fraction of sp³-hybridized carbons (Fsp3) is 0.500. The van der Waals surface area contributed by atoms with Gasteiger partial charge in [-0.15, -0.1) is 0 Å². The van der Waals surface area contributed by atoms with E-state index in [0.29, 0.717) is 16.6 Å². The third-order valence-electron chi connectivity index (χ3n) is 3.67. The van der Waals surface area contributed by atoms with E-state index in [4.69, 9.17) is 16.1 Å². The summed E-state index contributed by atoms with van der Waals surface area (Å²) in [6.07, 6.45) is 2.53. The van der Waals surface area contributed by atoms with Crippen LogP contribution in [0, 0.1) is 0 Å². The van der Waals surface area contributed by atoms with Crippen LogP contribution in [0.15, 0.2) is 22.9 Å². The number of pyridine rings is 1. The quantitative estimate of drug-likeness (QED) is 0.933. The van der Waals surface area contributed by atoms with E-state index in [2.05, 4.69) is 32.3 Å². The van der Waals surface area contributed by atoms with Crippen molar-refractivity contribution in [1.29, 1.82) is 0 Å². The van der Waals surface area contributed by atoms with Gasteiger partial charge in [-0.2, -0.15) is 4.98 Å². The largest absolute Gasteiger partial charge is 0.332 e. The molecule has 0 aromatic carbocycles. The molecule has 0 bridgehead atoms. The lowest BCUT2D eigenvalue weighted by Crippen LogP contribution is -2.45. The first-order valence-corrected chi connectivity index (χ1v) is 7.56. The van der Waals surface area contributed by atoms with Gasteiger partial charge in [0.1, 0.15) is 5.69 Å². The first-order chi connectivity index (χ1) is 10.3. The van der Waals surface area contributed by atoms with Gasteiger partial charge in [0.05, 0.1) is 11.1 Å². The van der Waals surface area contributed by atoms with Crippen molar-refractivity contribution in [2.24, 2.45) is 0 Å². The molecular formula is C14H18ClN5O. The Bertz CT molecular complexity index is 579. The molecule has 1 fully saturated rings. The molecular weight excluding hydrogens is 290 g/mol. The highest BCUT2D eigenvalue weighted by Crippen LogP contribution is 2.24. The molecule has 0 aliphatic carbocycles. The Labute approximate surface area is 128 Å². The second-order valence-electron chi connectivity index (χ2n) is 5.03. The molecule has 3 heterocycles. The first kappa shape index (κ1) is 14.4. The van der Waals surface area contributed by atoms with Crippen LogP contribution in [-0.2, 0) is 0 Å². The lowest BCUT2D eigenvalue weighted by molar-refractivity contribution is 0.160. The maximum Gasteiger partial charge on any atom is 0.276 e. The Kier molecular flexibility index (Phi) is 4.48. The summed E-state index contributed by atoms with van der Waals surface area (Å²) in [6, 6.07) is 3.74. The van der Waals surface area contributed by atoms with Crippen LogP contribution in [0.1, 0.15) is 25.2 Å². The van der Waals surface area contributed by atoms with Crippen LogP contribution < -0.4 is 5.32 Å². The van der Waals surface area contributed by atoms with Crippen LogP contribution >= 0.6 is 11.6 Å². The summed E-state index contributed by atoms with van der Waals surface area (Å²) >= 11 is 5.84. The van der Waals surface area contributed by atoms with Gasteiger partial charge in [0.2, 0.25) is 0 Å². The number of aromatic nitrogens is 3. The second-order valence-corrected chi connectivity index (χ2v) is 5.47. The Morgan fingerprint density at radius 2 is 2.19 bits per heavy atom. The minimum atomic E-state index is 0.192. The molecule has 7 heteroatoms. The molecule has 0 amide bonds. The summed E-state index contributed by atoms with van der Waals surface area (Å²) in [5, 5.41) is 8.08. The van der Waals surface area contributed by atoms with E-state index in [1.165, 1.54) is 0 Å². The molecule has 0 saturated carbocycles. The van der Waals surface area contributed by atoms with Crippen LogP contribution in [0.3, 0.4) is 0 Å². The number of piperazine rings is 1. The number of rotatable bonds is 4. The molecule has 21 heavy (non-hydrogen) atoms. The maximum atomic E-state index is 5.84. The number of hydrogen-bond acceptors (Lipinski definition) is 6. The molecule has 1 aliphatic heterocycles. The van der Waals surface area contributed by atoms with E-state index in [0.717, 1.165) is 38.4 Å². The smallest absolute Gasteiger partial charge is 0.276 e. The third-order valence-corrected chi connectivity index (χ3v) is 3.89. The van der Waals surface area contributed by atoms with Gasteiger partial charge in [-0.25, -0.2) is 4.98 Å². The van der Waals surface area contributed by atoms with Gasteiger partial charge >= 0.3 is 0 Å². The summed E-state index contributed by atoms with van der Waals surface area (Å²) in [5.41, 5.74) is 0.647. The van der Waals surface area contributed by atoms with Gasteiger partial charge < -0.3 is 9.84 Å². The zero-order valence-electron chi connectivity index (χ0n) is 11.9. The van der Waals surface area contributed by atoms with Gasteiger partial charge in [0.15, 0.2) is 5.82 Å². The molecule has 3 rings (SSSR count). The highest BCUT2D eigenvalue weighted by molar-refractivity contribution is 6.30. The van der Waals surface area contributed by atoms with Gasteiger partial charge in [0, 0.05) is 32.4 Å². The number of nitrogens with one attached hydrogen (secondary N) is 1. The van der Waals surface area contributed by atoms with Gasteiger partial charge in [0.25, 0.3) is 5.89 Å². The minimum absolute atomic E-state index is 0.192. The van der Waals surface area contributed by atoms with Crippen molar-refractivity contribution in [3.63, 3.8) is 0 Å². The summed E-state index contributed by atoms with van der Waals surface area (Å²) in [4.78, 5) is 11.1. The molecule has 1 N–H and O–H groups in total. The predicted octanol–water partition coefficient (Wildman–Crippen LogP) is 2.14. The van der Waals surface area contributed by atoms with Crippen molar-refractivity contribution >= 4 is 11.6 Å². The molecule has 1 saturated heterocycles. The zero-order valence-corrected chi connectivity index (χ0v) is 12.7. The second kappa shape index (κ2) is 6.51. The Morgan fingerprint density at radius 1 is 1.38 bits per heavy atom. The normalized spacial score (nSPS) is 17.8. The monoisotopic (exact) mass is 307 g/mol. The van der Waals surface area contributed by atoms with Crippen molar-refractivity contribution in [3.8, 4) is 11.6 Å². The third kappa shape index (κ3) is 3.23. The van der Waals surface area contributed by atoms with Gasteiger partial charge in [-0.1, -0.05) is 23.7 Å². The van der Waals surface area contributed by atoms with Crippen molar-refractivity contribution < 1.29 is 4.52 Å². The molecule has 1 atom stereocenters. The highest BCUT2D eigenvalue weighted by Gasteiger charge is 2.25. The molecule has 2 aromatic rings. The summed E-state index contributed by atoms with van der Waals surface area (Å²) in [7, 11) is 0. The Balaban J connectivity index is 1.80. The van der Waals surface area contributed by atoms with Crippen molar-refractivity contribution in [3.05, 3.63) is 29.2 Å². The molecule has 1 aliphatic rings. The highest BCUT2D eigenvalue weighted by atomic mass is 35.5. The Hall–Kier alpha value is -1.50. The van der Waals surface area contributed by atoms with Crippen LogP contribution in [0.5, 0.6) is 0 Å². The van der Waals surface area contributed by atoms with E-state index in [-0.39, 0.29) is 6.04 Å². The predicted molar refractivity (Wildman–Crippen MR) is 80.0 cm³/mol. The topological polar surface area (TPSA) is 67.1 Å². The summed E-state index contributed by atoms with van der Waals surface area (Å²) in [5.74, 6) is 1.17. The van der Waals surface area contributed by atoms with Crippen molar-refractivity contribution in [2.45, 2.75) is 19.4 Å². The first-order valence-electron chi connectivity index (χ1n) is 7.18. The maximum absolute atomic E-state index is 5.84. The Morgan fingerprint density at radius 3 is 2.86 bits per heavy atom. The SMILES string of the molecule is CCC(c1noc(-c2ccc(Cl)cn2)n1)N1CCNCC1. The van der Waals surface area contributed by atoms with Crippen molar-refractivity contribution in [1.82, 2.24) is 25.3 Å². The van der Waals surface area contributed by atoms with Crippen LogP contribution in [0.2, 0.25) is 5.02 Å². The molecule has 1 unspecified atom stereocenters.